The molecule has 4 aliphatic heterocycles. The lowest BCUT2D eigenvalue weighted by Crippen LogP contribution is -2.71. The van der Waals surface area contributed by atoms with E-state index in [1.54, 1.807) is 0 Å². The molecule has 4 saturated heterocycles. The zero-order chi connectivity index (χ0) is 40.9. The van der Waals surface area contributed by atoms with E-state index in [-0.39, 0.29) is 28.4 Å². The average molecular weight is 855 g/mol. The highest BCUT2D eigenvalue weighted by Crippen LogP contribution is 2.24. The first kappa shape index (κ1) is 46.0. The minimum absolute atomic E-state index is 0.182. The number of ether oxygens (including phenoxy) is 5. The number of thiocarbonyl (C=S) groups is 3. The molecule has 0 aromatic carbocycles. The van der Waals surface area contributed by atoms with E-state index in [1.807, 2.05) is 0 Å². The van der Waals surface area contributed by atoms with Crippen LogP contribution >= 0.6 is 36.7 Å². The van der Waals surface area contributed by atoms with E-state index >= 15 is 0 Å². The first-order valence-electron chi connectivity index (χ1n) is 16.9. The zero-order valence-corrected chi connectivity index (χ0v) is 31.4. The molecule has 0 bridgehead atoms. The first-order valence-corrected chi connectivity index (χ1v) is 18.2. The van der Waals surface area contributed by atoms with Crippen molar-refractivity contribution in [2.45, 2.75) is 123 Å². The number of rotatable bonds is 11. The first-order chi connectivity index (χ1) is 25.9. The predicted molar refractivity (Wildman–Crippen MR) is 192 cm³/mol. The van der Waals surface area contributed by atoms with Gasteiger partial charge in [0.05, 0.1) is 19.3 Å². The van der Waals surface area contributed by atoms with E-state index in [0.29, 0.717) is 0 Å². The zero-order valence-electron chi connectivity index (χ0n) is 29.0. The van der Waals surface area contributed by atoms with E-state index in [9.17, 15) is 66.4 Å². The number of hydrogen-bond donors (Lipinski definition) is 19. The Morgan fingerprint density at radius 2 is 0.836 bits per heavy atom. The highest BCUT2D eigenvalue weighted by molar-refractivity contribution is 7.80. The minimum Gasteiger partial charge on any atom is -0.394 e. The van der Waals surface area contributed by atoms with Crippen molar-refractivity contribution in [1.82, 2.24) is 31.9 Å². The van der Waals surface area contributed by atoms with Crippen LogP contribution in [0.15, 0.2) is 0 Å². The van der Waals surface area contributed by atoms with Gasteiger partial charge < -0.3 is 122 Å². The molecule has 19 N–H and O–H groups in total. The van der Waals surface area contributed by atoms with E-state index in [2.05, 4.69) is 31.9 Å². The van der Waals surface area contributed by atoms with Crippen LogP contribution in [0.5, 0.6) is 0 Å². The molecule has 318 valence electrons. The highest BCUT2D eigenvalue weighted by atomic mass is 32.1. The molecule has 0 aromatic rings. The summed E-state index contributed by atoms with van der Waals surface area (Å²) in [6.07, 6.45) is -28.5. The van der Waals surface area contributed by atoms with E-state index in [1.165, 1.54) is 7.11 Å². The molecule has 0 aliphatic carbocycles. The molecule has 0 radical (unpaired) electrons. The number of aliphatic hydroxyl groups excluding tert-OH is 13. The molecule has 27 heteroatoms. The Hall–Kier alpha value is -1.65. The predicted octanol–water partition coefficient (Wildman–Crippen LogP) is -10.8. The molecule has 0 unspecified atom stereocenters. The van der Waals surface area contributed by atoms with Crippen molar-refractivity contribution in [2.24, 2.45) is 0 Å². The van der Waals surface area contributed by atoms with Crippen LogP contribution in [0.2, 0.25) is 0 Å². The SMILES string of the molecule is CO[C@H]1O[C@H](CNC(=S)N[C@@H]2O[C@H](CNC(=S)N[C@@H]3O[C@H](CO)[C@@H](O)[C@H](O)[C@H]3O)[C@@H](O)[C@H](NC(=S)N[C@@H]3O[C@H](CO)[C@@H](O)[C@H](O)[C@H]3O)[C@H]2O)[C@@H](O)[C@H](O)[C@H]1O. The van der Waals surface area contributed by atoms with Crippen molar-refractivity contribution in [2.75, 3.05) is 33.4 Å². The Kier molecular flexibility index (Phi) is 17.0. The van der Waals surface area contributed by atoms with Gasteiger partial charge in [0, 0.05) is 20.2 Å². The van der Waals surface area contributed by atoms with Crippen LogP contribution in [0.25, 0.3) is 0 Å². The molecule has 0 saturated carbocycles. The van der Waals surface area contributed by atoms with Crippen LogP contribution in [0.3, 0.4) is 0 Å². The molecular formula is C28H50N6O18S3. The minimum atomic E-state index is -1.74. The molecule has 0 amide bonds. The summed E-state index contributed by atoms with van der Waals surface area (Å²) < 4.78 is 27.2. The third-order valence-corrected chi connectivity index (χ3v) is 10.2. The fourth-order valence-electron chi connectivity index (χ4n) is 6.22. The van der Waals surface area contributed by atoms with Gasteiger partial charge >= 0.3 is 0 Å². The molecule has 0 aromatic heterocycles. The van der Waals surface area contributed by atoms with Gasteiger partial charge in [0.25, 0.3) is 0 Å². The van der Waals surface area contributed by atoms with E-state index in [0.717, 1.165) is 0 Å². The molecule has 0 spiro atoms. The number of aliphatic hydroxyl groups is 13. The standard InChI is InChI=1S/C28H50N6O18S3/c1-48-25-21(47)18(44)12(38)7(52-25)3-30-26(53)32-22-15(41)10(31-28(55)34-24-20(46)17(43)14(40)9(5-36)51-24)11(37)6(49-22)2-29-27(54)33-23-19(45)16(42)13(39)8(4-35)50-23/h6-25,35-47H,2-5H2,1H3,(H2,29,33,54)(H2,30,32,53)(H2,31,34,55)/t6-,7-,8-,9-,10+,11-,12-,13-,14-,15-,16+,17+,18+,19-,20-,21-,22-,23-,24-,25+/m1/s1. The van der Waals surface area contributed by atoms with Gasteiger partial charge in [-0.1, -0.05) is 0 Å². The second-order valence-electron chi connectivity index (χ2n) is 13.2. The van der Waals surface area contributed by atoms with Crippen LogP contribution in [0, 0.1) is 0 Å². The van der Waals surface area contributed by atoms with Gasteiger partial charge in [0.15, 0.2) is 40.3 Å². The van der Waals surface area contributed by atoms with E-state index < -0.39 is 136 Å². The summed E-state index contributed by atoms with van der Waals surface area (Å²) in [5.74, 6) is 0. The summed E-state index contributed by atoms with van der Waals surface area (Å²) in [7, 11) is 1.23. The maximum absolute atomic E-state index is 11.4. The van der Waals surface area contributed by atoms with Crippen LogP contribution < -0.4 is 31.9 Å². The fourth-order valence-corrected chi connectivity index (χ4v) is 6.87. The highest BCUT2D eigenvalue weighted by Gasteiger charge is 2.48. The Bertz CT molecular complexity index is 1290. The Balaban J connectivity index is 1.44. The van der Waals surface area contributed by atoms with Crippen molar-refractivity contribution in [3.05, 3.63) is 0 Å². The monoisotopic (exact) mass is 854 g/mol. The molecule has 4 rings (SSSR count). The number of hydrogen-bond acceptors (Lipinski definition) is 21. The van der Waals surface area contributed by atoms with Crippen LogP contribution in [0.1, 0.15) is 0 Å². The van der Waals surface area contributed by atoms with Gasteiger partial charge in [0.1, 0.15) is 91.6 Å². The quantitative estimate of drug-likeness (QED) is 0.0858. The summed E-state index contributed by atoms with van der Waals surface area (Å²) in [5, 5.41) is 149. The van der Waals surface area contributed by atoms with E-state index in [4.69, 9.17) is 60.3 Å². The van der Waals surface area contributed by atoms with Crippen LogP contribution in [-0.4, -0.2) is 238 Å². The summed E-state index contributed by atoms with van der Waals surface area (Å²) >= 11 is 15.9. The summed E-state index contributed by atoms with van der Waals surface area (Å²) in [4.78, 5) is 0. The van der Waals surface area contributed by atoms with Gasteiger partial charge in [-0.3, -0.25) is 0 Å². The van der Waals surface area contributed by atoms with Gasteiger partial charge in [-0.25, -0.2) is 0 Å². The van der Waals surface area contributed by atoms with Crippen molar-refractivity contribution in [3.8, 4) is 0 Å². The normalized spacial score (nSPS) is 44.8. The fraction of sp³-hybridized carbons (Fsp3) is 0.893. The molecule has 55 heavy (non-hydrogen) atoms. The lowest BCUT2D eigenvalue weighted by Gasteiger charge is -2.45. The van der Waals surface area contributed by atoms with Crippen molar-refractivity contribution in [3.63, 3.8) is 0 Å². The van der Waals surface area contributed by atoms with Gasteiger partial charge in [-0.15, -0.1) is 0 Å². The van der Waals surface area contributed by atoms with Crippen molar-refractivity contribution >= 4 is 52.0 Å². The topological polar surface area (TPSA) is 381 Å². The summed E-state index contributed by atoms with van der Waals surface area (Å²) in [5.41, 5.74) is 0. The van der Waals surface area contributed by atoms with Crippen molar-refractivity contribution in [1.29, 1.82) is 0 Å². The van der Waals surface area contributed by atoms with Gasteiger partial charge in [-0.05, 0) is 36.7 Å². The molecular weight excluding hydrogens is 805 g/mol. The van der Waals surface area contributed by atoms with Gasteiger partial charge in [0.2, 0.25) is 0 Å². The second-order valence-corrected chi connectivity index (χ2v) is 14.4. The summed E-state index contributed by atoms with van der Waals surface area (Å²) in [6, 6.07) is -1.40. The Morgan fingerprint density at radius 1 is 0.455 bits per heavy atom. The number of methoxy groups -OCH3 is 1. The average Bonchev–Trinajstić information content (AvgIpc) is 3.16. The molecule has 4 fully saturated rings. The third-order valence-electron chi connectivity index (χ3n) is 9.48. The maximum atomic E-state index is 11.4. The lowest BCUT2D eigenvalue weighted by atomic mass is 9.95. The maximum Gasteiger partial charge on any atom is 0.186 e. The summed E-state index contributed by atoms with van der Waals surface area (Å²) in [6.45, 7) is -1.96. The Labute approximate surface area is 329 Å². The molecule has 4 aliphatic rings. The lowest BCUT2D eigenvalue weighted by molar-refractivity contribution is -0.288. The van der Waals surface area contributed by atoms with Crippen molar-refractivity contribution < 1.29 is 90.1 Å². The van der Waals surface area contributed by atoms with Crippen LogP contribution in [-0.2, 0) is 23.7 Å². The van der Waals surface area contributed by atoms with Gasteiger partial charge in [-0.2, -0.15) is 0 Å². The second kappa shape index (κ2) is 20.4. The molecule has 24 nitrogen and oxygen atoms in total. The number of nitrogens with one attached hydrogen (secondary N) is 6. The largest absolute Gasteiger partial charge is 0.394 e. The Morgan fingerprint density at radius 3 is 1.29 bits per heavy atom. The smallest absolute Gasteiger partial charge is 0.186 e. The third kappa shape index (κ3) is 10.9. The molecule has 20 atom stereocenters. The molecule has 4 heterocycles. The van der Waals surface area contributed by atoms with Crippen LogP contribution in [0.4, 0.5) is 0 Å².